The third kappa shape index (κ3) is 1.95. The molecule has 0 radical (unpaired) electrons. The summed E-state index contributed by atoms with van der Waals surface area (Å²) in [6.07, 6.45) is 1.83. The zero-order valence-corrected chi connectivity index (χ0v) is 9.39. The van der Waals surface area contributed by atoms with Gasteiger partial charge < -0.3 is 0 Å². The lowest BCUT2D eigenvalue weighted by molar-refractivity contribution is 1.25. The van der Waals surface area contributed by atoms with E-state index in [0.717, 1.165) is 15.2 Å². The van der Waals surface area contributed by atoms with Gasteiger partial charge in [0.05, 0.1) is 16.1 Å². The number of nitrogens with zero attached hydrogens (tertiary/aromatic N) is 2. The molecule has 4 heteroatoms. The van der Waals surface area contributed by atoms with Gasteiger partial charge in [-0.2, -0.15) is 0 Å². The van der Waals surface area contributed by atoms with Crippen LogP contribution in [0.3, 0.4) is 0 Å². The summed E-state index contributed by atoms with van der Waals surface area (Å²) in [4.78, 5) is 9.49. The first-order valence-electron chi connectivity index (χ1n) is 3.79. The van der Waals surface area contributed by atoms with Crippen LogP contribution in [-0.2, 0) is 0 Å². The number of pyridine rings is 1. The van der Waals surface area contributed by atoms with Gasteiger partial charge in [-0.1, -0.05) is 0 Å². The molecule has 0 aliphatic heterocycles. The van der Waals surface area contributed by atoms with Crippen molar-refractivity contribution in [3.05, 3.63) is 34.0 Å². The number of hydrogen-bond acceptors (Lipinski definition) is 3. The van der Waals surface area contributed by atoms with Gasteiger partial charge in [-0.25, -0.2) is 4.98 Å². The van der Waals surface area contributed by atoms with Crippen LogP contribution in [0.1, 0.15) is 5.56 Å². The van der Waals surface area contributed by atoms with Crippen LogP contribution in [0.25, 0.3) is 10.6 Å². The molecule has 0 fully saturated rings. The maximum absolute atomic E-state index is 4.36. The highest BCUT2D eigenvalue weighted by molar-refractivity contribution is 9.10. The zero-order valence-electron chi connectivity index (χ0n) is 6.99. The van der Waals surface area contributed by atoms with Crippen molar-refractivity contribution in [2.75, 3.05) is 0 Å². The van der Waals surface area contributed by atoms with Gasteiger partial charge in [0.15, 0.2) is 0 Å². The molecule has 0 unspecified atom stereocenters. The Kier molecular flexibility index (Phi) is 2.42. The average Bonchev–Trinajstić information content (AvgIpc) is 2.53. The lowest BCUT2D eigenvalue weighted by Crippen LogP contribution is -1.83. The van der Waals surface area contributed by atoms with Gasteiger partial charge in [-0.3, -0.25) is 4.98 Å². The van der Waals surface area contributed by atoms with Crippen LogP contribution in [0.5, 0.6) is 0 Å². The monoisotopic (exact) mass is 254 g/mol. The second-order valence-corrected chi connectivity index (χ2v) is 4.42. The molecule has 2 aromatic rings. The second-order valence-electron chi connectivity index (χ2n) is 2.72. The van der Waals surface area contributed by atoms with E-state index >= 15 is 0 Å². The van der Waals surface area contributed by atoms with E-state index in [1.807, 2.05) is 17.8 Å². The standard InChI is InChI=1S/C9H7BrN2S/c1-6-2-7(12-9(10)3-6)8-4-11-5-13-8/h2-5H,1H3. The van der Waals surface area contributed by atoms with E-state index in [4.69, 9.17) is 0 Å². The largest absolute Gasteiger partial charge is 0.252 e. The number of aryl methyl sites for hydroxylation is 1. The summed E-state index contributed by atoms with van der Waals surface area (Å²) in [6.45, 7) is 2.05. The summed E-state index contributed by atoms with van der Waals surface area (Å²) in [6, 6.07) is 4.04. The molecule has 0 aliphatic carbocycles. The Morgan fingerprint density at radius 2 is 2.23 bits per heavy atom. The molecule has 0 spiro atoms. The Morgan fingerprint density at radius 1 is 1.38 bits per heavy atom. The van der Waals surface area contributed by atoms with Crippen molar-refractivity contribution in [1.82, 2.24) is 9.97 Å². The van der Waals surface area contributed by atoms with Gasteiger partial charge in [-0.05, 0) is 40.5 Å². The molecule has 0 N–H and O–H groups in total. The topological polar surface area (TPSA) is 25.8 Å². The fourth-order valence-electron chi connectivity index (χ4n) is 1.09. The summed E-state index contributed by atoms with van der Waals surface area (Å²) < 4.78 is 0.871. The molecule has 2 rings (SSSR count). The van der Waals surface area contributed by atoms with Crippen molar-refractivity contribution in [2.24, 2.45) is 0 Å². The minimum Gasteiger partial charge on any atom is -0.252 e. The molecule has 0 aromatic carbocycles. The van der Waals surface area contributed by atoms with Crippen molar-refractivity contribution in [2.45, 2.75) is 6.92 Å². The number of halogens is 1. The van der Waals surface area contributed by atoms with Crippen molar-refractivity contribution >= 4 is 27.3 Å². The fourth-order valence-corrected chi connectivity index (χ4v) is 2.23. The third-order valence-electron chi connectivity index (χ3n) is 1.62. The molecule has 66 valence electrons. The van der Waals surface area contributed by atoms with Gasteiger partial charge in [0.25, 0.3) is 0 Å². The third-order valence-corrected chi connectivity index (χ3v) is 2.83. The quantitative estimate of drug-likeness (QED) is 0.731. The first kappa shape index (κ1) is 8.84. The minimum atomic E-state index is 0.871. The van der Waals surface area contributed by atoms with Gasteiger partial charge >= 0.3 is 0 Å². The maximum atomic E-state index is 4.36. The Bertz CT molecular complexity index is 391. The Labute approximate surface area is 88.8 Å². The summed E-state index contributed by atoms with van der Waals surface area (Å²) in [5, 5.41) is 0. The van der Waals surface area contributed by atoms with E-state index in [1.165, 1.54) is 5.56 Å². The molecule has 13 heavy (non-hydrogen) atoms. The highest BCUT2D eigenvalue weighted by Gasteiger charge is 2.02. The van der Waals surface area contributed by atoms with Crippen LogP contribution in [-0.4, -0.2) is 9.97 Å². The van der Waals surface area contributed by atoms with E-state index < -0.39 is 0 Å². The van der Waals surface area contributed by atoms with Crippen LogP contribution >= 0.6 is 27.3 Å². The number of rotatable bonds is 1. The molecule has 2 heterocycles. The molecular weight excluding hydrogens is 248 g/mol. The van der Waals surface area contributed by atoms with Gasteiger partial charge in [0.1, 0.15) is 4.60 Å². The van der Waals surface area contributed by atoms with E-state index in [2.05, 4.69) is 38.9 Å². The molecule has 0 saturated carbocycles. The summed E-state index contributed by atoms with van der Waals surface area (Å²) in [5.41, 5.74) is 3.99. The van der Waals surface area contributed by atoms with E-state index in [9.17, 15) is 0 Å². The summed E-state index contributed by atoms with van der Waals surface area (Å²) in [7, 11) is 0. The molecule has 0 bridgehead atoms. The van der Waals surface area contributed by atoms with Crippen molar-refractivity contribution in [1.29, 1.82) is 0 Å². The summed E-state index contributed by atoms with van der Waals surface area (Å²) >= 11 is 4.97. The van der Waals surface area contributed by atoms with Crippen LogP contribution in [0.4, 0.5) is 0 Å². The Balaban J connectivity index is 2.53. The molecular formula is C9H7BrN2S. The second kappa shape index (κ2) is 3.55. The highest BCUT2D eigenvalue weighted by Crippen LogP contribution is 2.23. The normalized spacial score (nSPS) is 10.3. The van der Waals surface area contributed by atoms with Crippen LogP contribution < -0.4 is 0 Å². The van der Waals surface area contributed by atoms with Gasteiger partial charge in [0.2, 0.25) is 0 Å². The lowest BCUT2D eigenvalue weighted by Gasteiger charge is -1.99. The predicted molar refractivity (Wildman–Crippen MR) is 57.8 cm³/mol. The fraction of sp³-hybridized carbons (Fsp3) is 0.111. The number of thiazole rings is 1. The smallest absolute Gasteiger partial charge is 0.107 e. The molecule has 2 aromatic heterocycles. The van der Waals surface area contributed by atoms with Crippen LogP contribution in [0.15, 0.2) is 28.4 Å². The van der Waals surface area contributed by atoms with E-state index in [0.29, 0.717) is 0 Å². The SMILES string of the molecule is Cc1cc(Br)nc(-c2cncs2)c1. The van der Waals surface area contributed by atoms with Crippen molar-refractivity contribution in [3.63, 3.8) is 0 Å². The minimum absolute atomic E-state index is 0.871. The molecule has 0 amide bonds. The van der Waals surface area contributed by atoms with Crippen LogP contribution in [0, 0.1) is 6.92 Å². The molecule has 0 aliphatic rings. The van der Waals surface area contributed by atoms with E-state index in [1.54, 1.807) is 11.3 Å². The predicted octanol–water partition coefficient (Wildman–Crippen LogP) is 3.28. The average molecular weight is 255 g/mol. The lowest BCUT2D eigenvalue weighted by atomic mass is 10.2. The highest BCUT2D eigenvalue weighted by atomic mass is 79.9. The van der Waals surface area contributed by atoms with Gasteiger partial charge in [0, 0.05) is 6.20 Å². The molecule has 0 atom stereocenters. The zero-order chi connectivity index (χ0) is 9.26. The van der Waals surface area contributed by atoms with Crippen LogP contribution in [0.2, 0.25) is 0 Å². The first-order chi connectivity index (χ1) is 6.25. The van der Waals surface area contributed by atoms with Crippen molar-refractivity contribution in [3.8, 4) is 10.6 Å². The molecule has 2 nitrogen and oxygen atoms in total. The first-order valence-corrected chi connectivity index (χ1v) is 5.46. The Hall–Kier alpha value is -0.740. The molecule has 0 saturated heterocycles. The number of hydrogen-bond donors (Lipinski definition) is 0. The number of aromatic nitrogens is 2. The van der Waals surface area contributed by atoms with Crippen molar-refractivity contribution < 1.29 is 0 Å². The summed E-state index contributed by atoms with van der Waals surface area (Å²) in [5.74, 6) is 0. The van der Waals surface area contributed by atoms with E-state index in [-0.39, 0.29) is 0 Å². The van der Waals surface area contributed by atoms with Gasteiger partial charge in [-0.15, -0.1) is 11.3 Å². The maximum Gasteiger partial charge on any atom is 0.107 e. The Morgan fingerprint density at radius 3 is 2.85 bits per heavy atom.